The molecule has 0 radical (unpaired) electrons. The number of nitrogens with one attached hydrogen (secondary N) is 2. The summed E-state index contributed by atoms with van der Waals surface area (Å²) in [7, 11) is -2.38. The van der Waals surface area contributed by atoms with Gasteiger partial charge in [-0.15, -0.1) is 0 Å². The molecule has 1 heterocycles. The van der Waals surface area contributed by atoms with E-state index in [-0.39, 0.29) is 36.2 Å². The molecule has 0 saturated heterocycles. The number of pyridine rings is 1. The maximum absolute atomic E-state index is 14.0. The first-order valence-corrected chi connectivity index (χ1v) is 18.2. The molecular formula is C36H48N6O6S. The van der Waals surface area contributed by atoms with Crippen molar-refractivity contribution in [3.63, 3.8) is 0 Å². The lowest BCUT2D eigenvalue weighted by Crippen LogP contribution is -2.58. The Morgan fingerprint density at radius 3 is 2.29 bits per heavy atom. The fourth-order valence-corrected chi connectivity index (χ4v) is 7.25. The highest BCUT2D eigenvalue weighted by Crippen LogP contribution is 2.30. The molecule has 3 aromatic rings. The Bertz CT molecular complexity index is 1620. The topological polar surface area (TPSA) is 165 Å². The smallest absolute Gasteiger partial charge is 0.318 e. The van der Waals surface area contributed by atoms with Crippen LogP contribution in [0, 0.1) is 11.8 Å². The van der Waals surface area contributed by atoms with E-state index in [0.717, 1.165) is 30.4 Å². The Hall–Kier alpha value is -4.33. The first-order chi connectivity index (χ1) is 23.5. The molecule has 1 aliphatic carbocycles. The van der Waals surface area contributed by atoms with Crippen molar-refractivity contribution in [2.75, 3.05) is 20.1 Å². The summed E-state index contributed by atoms with van der Waals surface area (Å²) in [4.78, 5) is 32.8. The minimum absolute atomic E-state index is 0.0493. The molecule has 1 aromatic heterocycles. The van der Waals surface area contributed by atoms with Gasteiger partial charge in [0.2, 0.25) is 15.9 Å². The minimum Gasteiger partial charge on any atom is -0.411 e. The number of urea groups is 1. The van der Waals surface area contributed by atoms with Gasteiger partial charge in [-0.05, 0) is 72.1 Å². The van der Waals surface area contributed by atoms with E-state index in [4.69, 9.17) is 5.21 Å². The number of sulfonamides is 1. The Morgan fingerprint density at radius 1 is 1.02 bits per heavy atom. The maximum Gasteiger partial charge on any atom is 0.318 e. The lowest BCUT2D eigenvalue weighted by atomic mass is 9.85. The number of carbonyl (C=O) groups is 2. The van der Waals surface area contributed by atoms with E-state index in [1.807, 2.05) is 56.3 Å². The van der Waals surface area contributed by atoms with Crippen LogP contribution in [0.4, 0.5) is 4.79 Å². The molecule has 4 N–H and O–H groups in total. The predicted molar refractivity (Wildman–Crippen MR) is 187 cm³/mol. The summed E-state index contributed by atoms with van der Waals surface area (Å²) in [6.45, 7) is 4.12. The Kier molecular flexibility index (Phi) is 13.7. The van der Waals surface area contributed by atoms with Gasteiger partial charge in [0.1, 0.15) is 6.04 Å². The monoisotopic (exact) mass is 692 g/mol. The molecule has 0 spiro atoms. The zero-order chi connectivity index (χ0) is 35.4. The average molecular weight is 693 g/mol. The summed E-state index contributed by atoms with van der Waals surface area (Å²) in [6, 6.07) is 16.8. The van der Waals surface area contributed by atoms with Crippen molar-refractivity contribution in [2.24, 2.45) is 17.0 Å². The SMILES string of the molecule is CCC(C)C(NC(=O)N(C)Cc1ccncc1)C(=O)N[C@@H](Cc1ccccc1)[C@H](O)CN(CC1CCC1)S(=O)(=O)c1ccc(/C=N/O)cc1. The van der Waals surface area contributed by atoms with Crippen LogP contribution in [-0.4, -0.2) is 89.4 Å². The van der Waals surface area contributed by atoms with E-state index in [9.17, 15) is 23.1 Å². The molecule has 1 fully saturated rings. The molecule has 1 saturated carbocycles. The highest BCUT2D eigenvalue weighted by atomic mass is 32.2. The van der Waals surface area contributed by atoms with Crippen LogP contribution in [0.5, 0.6) is 0 Å². The van der Waals surface area contributed by atoms with Crippen molar-refractivity contribution >= 4 is 28.2 Å². The van der Waals surface area contributed by atoms with Crippen LogP contribution in [0.25, 0.3) is 0 Å². The van der Waals surface area contributed by atoms with E-state index in [0.29, 0.717) is 18.5 Å². The molecule has 2 aromatic carbocycles. The second-order valence-corrected chi connectivity index (χ2v) is 14.8. The number of hydrogen-bond donors (Lipinski definition) is 4. The van der Waals surface area contributed by atoms with Gasteiger partial charge in [-0.3, -0.25) is 9.78 Å². The summed E-state index contributed by atoms with van der Waals surface area (Å²) < 4.78 is 29.2. The van der Waals surface area contributed by atoms with E-state index < -0.39 is 40.1 Å². The summed E-state index contributed by atoms with van der Waals surface area (Å²) in [5.74, 6) is -0.532. The van der Waals surface area contributed by atoms with Crippen LogP contribution < -0.4 is 10.6 Å². The Morgan fingerprint density at radius 2 is 1.69 bits per heavy atom. The molecule has 1 aliphatic rings. The zero-order valence-corrected chi connectivity index (χ0v) is 29.2. The maximum atomic E-state index is 14.0. The molecule has 3 amide bonds. The molecule has 13 heteroatoms. The highest BCUT2D eigenvalue weighted by Gasteiger charge is 2.35. The first kappa shape index (κ1) is 37.5. The fraction of sp³-hybridized carbons (Fsp3) is 0.444. The number of aliphatic hydroxyl groups is 1. The van der Waals surface area contributed by atoms with E-state index in [1.54, 1.807) is 31.6 Å². The van der Waals surface area contributed by atoms with Gasteiger partial charge in [-0.25, -0.2) is 13.2 Å². The standard InChI is InChI=1S/C36H48N6O6S/c1-4-26(2)34(40-36(45)41(3)23-30-17-19-37-20-18-30)35(44)39-32(21-27-9-6-5-7-10-27)33(43)25-42(24-29-11-8-12-29)49(47,48)31-15-13-28(14-16-31)22-38-46/h5-7,9-10,13-20,22,26,29,32-34,43,46H,4,8,11-12,21,23-25H2,1-3H3,(H,39,44)(H,40,45)/b38-22+/t26?,32-,33+,34?/m0/s1. The largest absolute Gasteiger partial charge is 0.411 e. The molecular weight excluding hydrogens is 644 g/mol. The molecule has 12 nitrogen and oxygen atoms in total. The zero-order valence-electron chi connectivity index (χ0n) is 28.4. The van der Waals surface area contributed by atoms with Crippen molar-refractivity contribution in [3.05, 3.63) is 95.8 Å². The summed E-state index contributed by atoms with van der Waals surface area (Å²) >= 11 is 0. The lowest BCUT2D eigenvalue weighted by Gasteiger charge is -2.35. The average Bonchev–Trinajstić information content (AvgIpc) is 3.08. The van der Waals surface area contributed by atoms with Crippen molar-refractivity contribution in [1.82, 2.24) is 24.8 Å². The number of hydrogen-bond acceptors (Lipinski definition) is 8. The van der Waals surface area contributed by atoms with Crippen LogP contribution in [0.1, 0.15) is 56.2 Å². The lowest BCUT2D eigenvalue weighted by molar-refractivity contribution is -0.125. The van der Waals surface area contributed by atoms with Crippen molar-refractivity contribution < 1.29 is 28.3 Å². The van der Waals surface area contributed by atoms with Crippen LogP contribution >= 0.6 is 0 Å². The van der Waals surface area contributed by atoms with E-state index >= 15 is 0 Å². The summed E-state index contributed by atoms with van der Waals surface area (Å²) in [5, 5.41) is 29.5. The van der Waals surface area contributed by atoms with Crippen LogP contribution in [0.2, 0.25) is 0 Å². The molecule has 264 valence electrons. The molecule has 2 unspecified atom stereocenters. The molecule has 49 heavy (non-hydrogen) atoms. The van der Waals surface area contributed by atoms with Gasteiger partial charge >= 0.3 is 6.03 Å². The summed E-state index contributed by atoms with van der Waals surface area (Å²) in [5.41, 5.74) is 2.27. The van der Waals surface area contributed by atoms with Gasteiger partial charge in [-0.1, -0.05) is 74.3 Å². The number of benzene rings is 2. The van der Waals surface area contributed by atoms with E-state index in [1.165, 1.54) is 27.6 Å². The molecule has 0 aliphatic heterocycles. The van der Waals surface area contributed by atoms with Crippen molar-refractivity contribution in [2.45, 2.75) is 75.6 Å². The predicted octanol–water partition coefficient (Wildman–Crippen LogP) is 4.03. The third-order valence-corrected chi connectivity index (χ3v) is 11.0. The normalized spacial score (nSPS) is 16.0. The summed E-state index contributed by atoms with van der Waals surface area (Å²) in [6.07, 6.45) is 6.88. The second kappa shape index (κ2) is 17.9. The second-order valence-electron chi connectivity index (χ2n) is 12.8. The van der Waals surface area contributed by atoms with Gasteiger partial charge in [0.25, 0.3) is 0 Å². The number of carbonyl (C=O) groups excluding carboxylic acids is 2. The number of rotatable bonds is 17. The molecule has 0 bridgehead atoms. The number of aliphatic hydroxyl groups excluding tert-OH is 1. The van der Waals surface area contributed by atoms with E-state index in [2.05, 4.69) is 20.8 Å². The van der Waals surface area contributed by atoms with Gasteiger partial charge in [0.05, 0.1) is 23.3 Å². The van der Waals surface area contributed by atoms with Crippen LogP contribution in [0.15, 0.2) is 89.2 Å². The fourth-order valence-electron chi connectivity index (χ4n) is 5.71. The van der Waals surface area contributed by atoms with Crippen molar-refractivity contribution in [3.8, 4) is 0 Å². The minimum atomic E-state index is -4.03. The van der Waals surface area contributed by atoms with Gasteiger partial charge < -0.3 is 25.8 Å². The van der Waals surface area contributed by atoms with Gasteiger partial charge in [0, 0.05) is 39.1 Å². The van der Waals surface area contributed by atoms with Gasteiger partial charge in [0.15, 0.2) is 0 Å². The van der Waals surface area contributed by atoms with Crippen molar-refractivity contribution in [1.29, 1.82) is 0 Å². The number of amides is 3. The highest BCUT2D eigenvalue weighted by molar-refractivity contribution is 7.89. The number of oxime groups is 1. The number of aromatic nitrogens is 1. The quantitative estimate of drug-likeness (QED) is 0.0943. The Labute approximate surface area is 289 Å². The van der Waals surface area contributed by atoms with Crippen LogP contribution in [0.3, 0.4) is 0 Å². The molecule has 4 atom stereocenters. The van der Waals surface area contributed by atoms with Crippen LogP contribution in [-0.2, 0) is 27.8 Å². The Balaban J connectivity index is 1.56. The molecule has 4 rings (SSSR count). The first-order valence-electron chi connectivity index (χ1n) is 16.7. The number of nitrogens with zero attached hydrogens (tertiary/aromatic N) is 4. The third kappa shape index (κ3) is 10.6. The van der Waals surface area contributed by atoms with Gasteiger partial charge in [-0.2, -0.15) is 4.31 Å². The third-order valence-electron chi connectivity index (χ3n) is 9.18.